The predicted molar refractivity (Wildman–Crippen MR) is 146 cm³/mol. The van der Waals surface area contributed by atoms with Crippen molar-refractivity contribution in [1.82, 2.24) is 19.9 Å². The Bertz CT molecular complexity index is 1380. The van der Waals surface area contributed by atoms with Crippen LogP contribution in [0.3, 0.4) is 0 Å². The van der Waals surface area contributed by atoms with Gasteiger partial charge in [0.1, 0.15) is 17.5 Å². The Morgan fingerprint density at radius 2 is 1.92 bits per heavy atom. The normalized spacial score (nSPS) is 18.5. The van der Waals surface area contributed by atoms with Crippen LogP contribution in [0.5, 0.6) is 0 Å². The Morgan fingerprint density at radius 1 is 1.21 bits per heavy atom. The number of carbonyl (C=O) groups is 1. The van der Waals surface area contributed by atoms with E-state index in [0.717, 1.165) is 40.8 Å². The number of nitrogens with zero attached hydrogens (tertiary/aromatic N) is 2. The van der Waals surface area contributed by atoms with Gasteiger partial charge in [0.05, 0.1) is 21.1 Å². The molecule has 12 heteroatoms. The molecule has 5 rings (SSSR count). The van der Waals surface area contributed by atoms with Crippen molar-refractivity contribution in [3.05, 3.63) is 47.1 Å². The maximum absolute atomic E-state index is 13.0. The second-order valence-electron chi connectivity index (χ2n) is 10.6. The molecule has 1 saturated carbocycles. The SMILES string of the molecule is CC1(O)CN(CCNC(=O)c2nc(CC3CCC3)c(-c3ccc(S(=O)NCC(F)(F)F)c4ccccc34)s2)C1. The minimum Gasteiger partial charge on any atom is -0.388 e. The van der Waals surface area contributed by atoms with Crippen LogP contribution in [0.4, 0.5) is 13.2 Å². The molecule has 0 bridgehead atoms. The Hall–Kier alpha value is -2.38. The molecule has 0 spiro atoms. The van der Waals surface area contributed by atoms with Gasteiger partial charge >= 0.3 is 6.18 Å². The van der Waals surface area contributed by atoms with Crippen LogP contribution in [0, 0.1) is 5.92 Å². The Labute approximate surface area is 231 Å². The van der Waals surface area contributed by atoms with Gasteiger partial charge in [-0.2, -0.15) is 13.2 Å². The largest absolute Gasteiger partial charge is 0.402 e. The molecule has 1 saturated heterocycles. The number of hydrogen-bond donors (Lipinski definition) is 3. The molecular weight excluding hydrogens is 549 g/mol. The lowest BCUT2D eigenvalue weighted by atomic mass is 9.81. The zero-order valence-electron chi connectivity index (χ0n) is 21.5. The highest BCUT2D eigenvalue weighted by atomic mass is 32.2. The number of benzene rings is 2. The maximum Gasteiger partial charge on any atom is 0.402 e. The van der Waals surface area contributed by atoms with Crippen molar-refractivity contribution in [2.24, 2.45) is 5.92 Å². The smallest absolute Gasteiger partial charge is 0.388 e. The molecule has 1 unspecified atom stereocenters. The monoisotopic (exact) mass is 580 g/mol. The third-order valence-electron chi connectivity index (χ3n) is 7.17. The zero-order chi connectivity index (χ0) is 27.8. The van der Waals surface area contributed by atoms with Gasteiger partial charge in [0, 0.05) is 31.7 Å². The first-order chi connectivity index (χ1) is 18.5. The first-order valence-corrected chi connectivity index (χ1v) is 14.9. The van der Waals surface area contributed by atoms with Crippen LogP contribution < -0.4 is 10.0 Å². The van der Waals surface area contributed by atoms with E-state index in [1.807, 2.05) is 12.1 Å². The summed E-state index contributed by atoms with van der Waals surface area (Å²) in [6.45, 7) is 2.67. The number of alkyl halides is 3. The van der Waals surface area contributed by atoms with E-state index in [4.69, 9.17) is 4.98 Å². The van der Waals surface area contributed by atoms with E-state index in [0.29, 0.717) is 42.5 Å². The van der Waals surface area contributed by atoms with Gasteiger partial charge in [-0.25, -0.2) is 13.9 Å². The standard InChI is InChI=1S/C27H31F3N4O3S2/c1-26(36)15-34(16-26)12-11-31-24(35)25-33-21(13-17-5-4-6-17)23(38-25)20-9-10-22(19-8-3-2-7-18(19)20)39(37)32-14-27(28,29)30/h2-3,7-10,17,32,36H,4-6,11-16H2,1H3,(H,31,35). The summed E-state index contributed by atoms with van der Waals surface area (Å²) in [4.78, 5) is 20.9. The fourth-order valence-corrected chi connectivity index (χ4v) is 7.17. The van der Waals surface area contributed by atoms with E-state index in [-0.39, 0.29) is 10.8 Å². The van der Waals surface area contributed by atoms with Crippen molar-refractivity contribution < 1.29 is 27.3 Å². The average Bonchev–Trinajstić information content (AvgIpc) is 3.26. The van der Waals surface area contributed by atoms with Crippen molar-refractivity contribution in [2.45, 2.75) is 49.3 Å². The minimum atomic E-state index is -4.48. The number of hydrogen-bond acceptors (Lipinski definition) is 6. The number of carbonyl (C=O) groups excluding carboxylic acids is 1. The molecule has 3 aromatic rings. The van der Waals surface area contributed by atoms with E-state index in [1.165, 1.54) is 17.8 Å². The minimum absolute atomic E-state index is 0.258. The average molecular weight is 581 g/mol. The number of β-amino-alcohol motifs (C(OH)–C–C–N with tert-alkyl or cyclic N) is 1. The van der Waals surface area contributed by atoms with Crippen LogP contribution in [0.15, 0.2) is 41.3 Å². The molecule has 1 atom stereocenters. The lowest BCUT2D eigenvalue weighted by Crippen LogP contribution is -2.60. The topological polar surface area (TPSA) is 94.6 Å². The molecule has 2 aliphatic rings. The molecule has 3 N–H and O–H groups in total. The van der Waals surface area contributed by atoms with Crippen LogP contribution >= 0.6 is 11.3 Å². The summed E-state index contributed by atoms with van der Waals surface area (Å²) in [7, 11) is -2.05. The number of fused-ring (bicyclic) bond motifs is 1. The molecule has 1 aliphatic carbocycles. The van der Waals surface area contributed by atoms with Crippen LogP contribution in [-0.4, -0.2) is 69.6 Å². The van der Waals surface area contributed by atoms with E-state index in [9.17, 15) is 27.3 Å². The fourth-order valence-electron chi connectivity index (χ4n) is 5.10. The van der Waals surface area contributed by atoms with Gasteiger partial charge in [-0.05, 0) is 36.1 Å². The number of likely N-dealkylation sites (tertiary alicyclic amines) is 1. The van der Waals surface area contributed by atoms with Crippen LogP contribution in [-0.2, 0) is 17.4 Å². The number of thiazole rings is 1. The lowest BCUT2D eigenvalue weighted by Gasteiger charge is -2.44. The summed E-state index contributed by atoms with van der Waals surface area (Å²) < 4.78 is 52.9. The van der Waals surface area contributed by atoms with Gasteiger partial charge in [0.15, 0.2) is 5.01 Å². The van der Waals surface area contributed by atoms with E-state index >= 15 is 0 Å². The molecule has 2 aromatic carbocycles. The number of rotatable bonds is 10. The van der Waals surface area contributed by atoms with Crippen molar-refractivity contribution in [2.75, 3.05) is 32.7 Å². The van der Waals surface area contributed by atoms with Crippen molar-refractivity contribution in [3.63, 3.8) is 0 Å². The second-order valence-corrected chi connectivity index (χ2v) is 12.9. The van der Waals surface area contributed by atoms with Crippen LogP contribution in [0.2, 0.25) is 0 Å². The molecule has 1 amide bonds. The Morgan fingerprint density at radius 3 is 2.56 bits per heavy atom. The van der Waals surface area contributed by atoms with Gasteiger partial charge in [-0.1, -0.05) is 49.6 Å². The molecule has 210 valence electrons. The van der Waals surface area contributed by atoms with Gasteiger partial charge in [-0.15, -0.1) is 11.3 Å². The van der Waals surface area contributed by atoms with E-state index in [2.05, 4.69) is 14.9 Å². The van der Waals surface area contributed by atoms with E-state index < -0.39 is 29.3 Å². The fraction of sp³-hybridized carbons (Fsp3) is 0.481. The van der Waals surface area contributed by atoms with Crippen molar-refractivity contribution in [3.8, 4) is 10.4 Å². The first-order valence-electron chi connectivity index (χ1n) is 13.0. The third-order valence-corrected chi connectivity index (χ3v) is 9.46. The summed E-state index contributed by atoms with van der Waals surface area (Å²) in [6.07, 6.45) is -0.328. The number of halogens is 3. The molecule has 7 nitrogen and oxygen atoms in total. The second kappa shape index (κ2) is 11.2. The number of aliphatic hydroxyl groups is 1. The summed E-state index contributed by atoms with van der Waals surface area (Å²) in [5.41, 5.74) is 0.989. The third kappa shape index (κ3) is 6.68. The quantitative estimate of drug-likeness (QED) is 0.333. The maximum atomic E-state index is 13.0. The Kier molecular flexibility index (Phi) is 8.12. The van der Waals surface area contributed by atoms with Crippen LogP contribution in [0.1, 0.15) is 41.7 Å². The zero-order valence-corrected chi connectivity index (χ0v) is 23.1. The highest BCUT2D eigenvalue weighted by Crippen LogP contribution is 2.40. The van der Waals surface area contributed by atoms with Crippen molar-refractivity contribution in [1.29, 1.82) is 0 Å². The summed E-state index contributed by atoms with van der Waals surface area (Å²) >= 11 is 1.30. The summed E-state index contributed by atoms with van der Waals surface area (Å²) in [5.74, 6) is 0.248. The van der Waals surface area contributed by atoms with Crippen LogP contribution in [0.25, 0.3) is 21.2 Å². The van der Waals surface area contributed by atoms with Gasteiger partial charge in [0.25, 0.3) is 5.91 Å². The Balaban J connectivity index is 1.41. The number of amides is 1. The molecule has 2 heterocycles. The van der Waals surface area contributed by atoms with Crippen molar-refractivity contribution >= 4 is 39.0 Å². The molecule has 39 heavy (non-hydrogen) atoms. The van der Waals surface area contributed by atoms with Gasteiger partial charge in [0.2, 0.25) is 0 Å². The number of nitrogens with one attached hydrogen (secondary N) is 2. The highest BCUT2D eigenvalue weighted by Gasteiger charge is 2.36. The summed E-state index contributed by atoms with van der Waals surface area (Å²) in [5, 5.41) is 14.5. The van der Waals surface area contributed by atoms with E-state index in [1.54, 1.807) is 31.2 Å². The van der Waals surface area contributed by atoms with Gasteiger partial charge < -0.3 is 10.4 Å². The molecular formula is C27H31F3N4O3S2. The molecule has 2 fully saturated rings. The number of aromatic nitrogens is 1. The lowest BCUT2D eigenvalue weighted by molar-refractivity contribution is -0.121. The summed E-state index contributed by atoms with van der Waals surface area (Å²) in [6, 6.07) is 10.5. The molecule has 1 aliphatic heterocycles. The molecule has 0 radical (unpaired) electrons. The first kappa shape index (κ1) is 28.2. The molecule has 1 aromatic heterocycles. The highest BCUT2D eigenvalue weighted by molar-refractivity contribution is 7.83. The predicted octanol–water partition coefficient (Wildman–Crippen LogP) is 4.28. The van der Waals surface area contributed by atoms with Gasteiger partial charge in [-0.3, -0.25) is 9.69 Å².